The lowest BCUT2D eigenvalue weighted by atomic mass is 9.94. The zero-order valence-electron chi connectivity index (χ0n) is 8.23. The summed E-state index contributed by atoms with van der Waals surface area (Å²) in [4.78, 5) is 0. The van der Waals surface area contributed by atoms with Crippen LogP contribution in [0.1, 0.15) is 26.2 Å². The Morgan fingerprint density at radius 3 is 2.36 bits per heavy atom. The highest BCUT2D eigenvalue weighted by atomic mass is 19.4. The van der Waals surface area contributed by atoms with Crippen LogP contribution in [0.4, 0.5) is 13.2 Å². The fourth-order valence-electron chi connectivity index (χ4n) is 1.43. The predicted octanol–water partition coefficient (Wildman–Crippen LogP) is 2.08. The molecule has 1 atom stereocenters. The fraction of sp³-hybridized carbons (Fsp3) is 1.00. The predicted molar refractivity (Wildman–Crippen MR) is 46.8 cm³/mol. The Kier molecular flexibility index (Phi) is 3.42. The van der Waals surface area contributed by atoms with Gasteiger partial charge in [-0.15, -0.1) is 0 Å². The molecule has 0 aromatic heterocycles. The van der Waals surface area contributed by atoms with E-state index in [1.165, 1.54) is 0 Å². The van der Waals surface area contributed by atoms with Gasteiger partial charge < -0.3 is 10.5 Å². The molecule has 0 aliphatic heterocycles. The van der Waals surface area contributed by atoms with Gasteiger partial charge in [0.2, 0.25) is 0 Å². The first kappa shape index (κ1) is 11.8. The molecule has 1 unspecified atom stereocenters. The molecule has 1 rings (SSSR count). The first-order valence-corrected chi connectivity index (χ1v) is 4.75. The third-order valence-corrected chi connectivity index (χ3v) is 2.56. The van der Waals surface area contributed by atoms with E-state index < -0.39 is 12.8 Å². The van der Waals surface area contributed by atoms with Crippen molar-refractivity contribution in [2.45, 2.75) is 37.9 Å². The maximum atomic E-state index is 11.7. The summed E-state index contributed by atoms with van der Waals surface area (Å²) < 4.78 is 39.6. The van der Waals surface area contributed by atoms with Gasteiger partial charge in [0.15, 0.2) is 0 Å². The number of nitrogens with two attached hydrogens (primary N) is 1. The summed E-state index contributed by atoms with van der Waals surface area (Å²) in [6.07, 6.45) is -1.56. The summed E-state index contributed by atoms with van der Waals surface area (Å²) in [5.74, 6) is 0.469. The van der Waals surface area contributed by atoms with Gasteiger partial charge in [-0.3, -0.25) is 0 Å². The molecule has 0 amide bonds. The lowest BCUT2D eigenvalue weighted by Gasteiger charge is -2.24. The van der Waals surface area contributed by atoms with Crippen molar-refractivity contribution in [3.05, 3.63) is 0 Å². The van der Waals surface area contributed by atoms with Crippen molar-refractivity contribution in [3.63, 3.8) is 0 Å². The molecular formula is C9H16F3NO. The molecule has 2 nitrogen and oxygen atoms in total. The number of halogens is 3. The minimum absolute atomic E-state index is 0.0863. The molecule has 0 bridgehead atoms. The Hall–Kier alpha value is -0.290. The molecule has 0 spiro atoms. The van der Waals surface area contributed by atoms with Crippen LogP contribution in [-0.2, 0) is 4.74 Å². The summed E-state index contributed by atoms with van der Waals surface area (Å²) >= 11 is 0. The minimum Gasteiger partial charge on any atom is -0.372 e. The molecule has 84 valence electrons. The summed E-state index contributed by atoms with van der Waals surface area (Å²) in [5.41, 5.74) is 5.56. The molecule has 14 heavy (non-hydrogen) atoms. The van der Waals surface area contributed by atoms with E-state index in [0.29, 0.717) is 12.3 Å². The van der Waals surface area contributed by atoms with Crippen LogP contribution in [-0.4, -0.2) is 24.9 Å². The van der Waals surface area contributed by atoms with E-state index >= 15 is 0 Å². The summed E-state index contributed by atoms with van der Waals surface area (Å²) in [6, 6.07) is 0. The van der Waals surface area contributed by atoms with Gasteiger partial charge in [-0.2, -0.15) is 13.2 Å². The summed E-state index contributed by atoms with van der Waals surface area (Å²) in [7, 11) is 0. The van der Waals surface area contributed by atoms with Crippen LogP contribution in [0, 0.1) is 5.92 Å². The van der Waals surface area contributed by atoms with E-state index in [0.717, 1.165) is 12.8 Å². The average molecular weight is 211 g/mol. The van der Waals surface area contributed by atoms with Crippen LogP contribution >= 0.6 is 0 Å². The Labute approximate surface area is 81.6 Å². The Morgan fingerprint density at radius 1 is 1.36 bits per heavy atom. The molecule has 0 aromatic rings. The third kappa shape index (κ3) is 4.28. The van der Waals surface area contributed by atoms with Crippen LogP contribution in [0.3, 0.4) is 0 Å². The van der Waals surface area contributed by atoms with Gasteiger partial charge in [0.1, 0.15) is 6.61 Å². The first-order valence-electron chi connectivity index (χ1n) is 4.75. The maximum Gasteiger partial charge on any atom is 0.411 e. The molecule has 1 aliphatic rings. The summed E-state index contributed by atoms with van der Waals surface area (Å²) in [6.45, 7) is 0.790. The van der Waals surface area contributed by atoms with Gasteiger partial charge >= 0.3 is 6.18 Å². The van der Waals surface area contributed by atoms with Gasteiger partial charge in [-0.1, -0.05) is 0 Å². The number of hydrogen-bond acceptors (Lipinski definition) is 2. The average Bonchev–Trinajstić information content (AvgIpc) is 2.78. The highest BCUT2D eigenvalue weighted by molar-refractivity contribution is 4.94. The molecule has 5 heteroatoms. The lowest BCUT2D eigenvalue weighted by Crippen LogP contribution is -2.40. The molecule has 0 heterocycles. The van der Waals surface area contributed by atoms with Gasteiger partial charge in [-0.25, -0.2) is 0 Å². The molecule has 1 saturated carbocycles. The van der Waals surface area contributed by atoms with Crippen molar-refractivity contribution in [1.82, 2.24) is 0 Å². The van der Waals surface area contributed by atoms with E-state index in [9.17, 15) is 13.2 Å². The second kappa shape index (κ2) is 4.06. The van der Waals surface area contributed by atoms with Gasteiger partial charge in [0.25, 0.3) is 0 Å². The van der Waals surface area contributed by atoms with Crippen LogP contribution in [0.25, 0.3) is 0 Å². The summed E-state index contributed by atoms with van der Waals surface area (Å²) in [5, 5.41) is 0. The van der Waals surface area contributed by atoms with Crippen molar-refractivity contribution in [3.8, 4) is 0 Å². The fourth-order valence-corrected chi connectivity index (χ4v) is 1.43. The zero-order chi connectivity index (χ0) is 10.8. The quantitative estimate of drug-likeness (QED) is 0.706. The van der Waals surface area contributed by atoms with Crippen LogP contribution in [0.2, 0.25) is 0 Å². The lowest BCUT2D eigenvalue weighted by molar-refractivity contribution is -0.174. The standard InChI is InChI=1S/C9H16F3NO/c1-8(13,7-2-3-7)4-5-14-6-9(10,11)12/h7H,2-6,13H2,1H3. The molecule has 2 N–H and O–H groups in total. The van der Waals surface area contributed by atoms with Crippen molar-refractivity contribution < 1.29 is 17.9 Å². The van der Waals surface area contributed by atoms with E-state index in [2.05, 4.69) is 4.74 Å². The first-order chi connectivity index (χ1) is 6.31. The molecule has 1 aliphatic carbocycles. The highest BCUT2D eigenvalue weighted by Gasteiger charge is 2.38. The molecular weight excluding hydrogens is 195 g/mol. The topological polar surface area (TPSA) is 35.2 Å². The third-order valence-electron chi connectivity index (χ3n) is 2.56. The second-order valence-electron chi connectivity index (χ2n) is 4.20. The Bertz CT molecular complexity index is 187. The van der Waals surface area contributed by atoms with Gasteiger partial charge in [0.05, 0.1) is 0 Å². The second-order valence-corrected chi connectivity index (χ2v) is 4.20. The smallest absolute Gasteiger partial charge is 0.372 e. The Balaban J connectivity index is 2.09. The molecule has 1 fully saturated rings. The van der Waals surface area contributed by atoms with Crippen molar-refractivity contribution >= 4 is 0 Å². The molecule has 0 saturated heterocycles. The van der Waals surface area contributed by atoms with Gasteiger partial charge in [-0.05, 0) is 32.1 Å². The minimum atomic E-state index is -4.23. The van der Waals surface area contributed by atoms with E-state index in [-0.39, 0.29) is 12.1 Å². The van der Waals surface area contributed by atoms with E-state index in [1.54, 1.807) is 0 Å². The van der Waals surface area contributed by atoms with Crippen LogP contribution in [0.5, 0.6) is 0 Å². The SMILES string of the molecule is CC(N)(CCOCC(F)(F)F)C1CC1. The van der Waals surface area contributed by atoms with E-state index in [4.69, 9.17) is 5.73 Å². The maximum absolute atomic E-state index is 11.7. The zero-order valence-corrected chi connectivity index (χ0v) is 8.23. The van der Waals surface area contributed by atoms with E-state index in [1.807, 2.05) is 6.92 Å². The number of ether oxygens (including phenoxy) is 1. The molecule has 0 aromatic carbocycles. The van der Waals surface area contributed by atoms with Gasteiger partial charge in [0, 0.05) is 12.1 Å². The van der Waals surface area contributed by atoms with Crippen molar-refractivity contribution in [1.29, 1.82) is 0 Å². The highest BCUT2D eigenvalue weighted by Crippen LogP contribution is 2.39. The Morgan fingerprint density at radius 2 is 1.93 bits per heavy atom. The molecule has 0 radical (unpaired) electrons. The normalized spacial score (nSPS) is 22.1. The van der Waals surface area contributed by atoms with Crippen LogP contribution in [0.15, 0.2) is 0 Å². The monoisotopic (exact) mass is 211 g/mol. The van der Waals surface area contributed by atoms with Crippen LogP contribution < -0.4 is 5.73 Å². The number of rotatable bonds is 5. The largest absolute Gasteiger partial charge is 0.411 e. The van der Waals surface area contributed by atoms with Crippen molar-refractivity contribution in [2.24, 2.45) is 11.7 Å². The number of hydrogen-bond donors (Lipinski definition) is 1. The number of alkyl halides is 3. The van der Waals surface area contributed by atoms with Crippen molar-refractivity contribution in [2.75, 3.05) is 13.2 Å².